The Labute approximate surface area is 174 Å². The summed E-state index contributed by atoms with van der Waals surface area (Å²) in [4.78, 5) is 26.9. The summed E-state index contributed by atoms with van der Waals surface area (Å²) in [7, 11) is -3.80. The molecule has 8 heteroatoms. The van der Waals surface area contributed by atoms with Crippen LogP contribution in [-0.2, 0) is 19.6 Å². The average Bonchev–Trinajstić information content (AvgIpc) is 2.66. The van der Waals surface area contributed by atoms with Crippen molar-refractivity contribution in [3.05, 3.63) is 29.8 Å². The van der Waals surface area contributed by atoms with Gasteiger partial charge in [0.1, 0.15) is 6.04 Å². The number of hydrogen-bond acceptors (Lipinski definition) is 4. The van der Waals surface area contributed by atoms with Gasteiger partial charge in [-0.25, -0.2) is 8.42 Å². The third kappa shape index (κ3) is 6.27. The van der Waals surface area contributed by atoms with Gasteiger partial charge in [0.05, 0.1) is 4.90 Å². The van der Waals surface area contributed by atoms with Crippen LogP contribution in [0.25, 0.3) is 0 Å². The topological polar surface area (TPSA) is 95.6 Å². The first-order valence-electron chi connectivity index (χ1n) is 10.2. The molecule has 0 saturated carbocycles. The minimum Gasteiger partial charge on any atom is -0.352 e. The molecule has 1 atom stereocenters. The molecule has 0 bridgehead atoms. The van der Waals surface area contributed by atoms with Crippen molar-refractivity contribution >= 4 is 21.8 Å². The number of benzene rings is 1. The lowest BCUT2D eigenvalue weighted by Crippen LogP contribution is -2.54. The molecule has 0 radical (unpaired) electrons. The molecule has 1 saturated heterocycles. The van der Waals surface area contributed by atoms with E-state index in [1.807, 2.05) is 39.5 Å². The fraction of sp³-hybridized carbons (Fsp3) is 0.619. The number of likely N-dealkylation sites (tertiary alicyclic amines) is 1. The highest BCUT2D eigenvalue weighted by molar-refractivity contribution is 7.89. The van der Waals surface area contributed by atoms with Crippen molar-refractivity contribution in [2.45, 2.75) is 64.4 Å². The first-order chi connectivity index (χ1) is 13.5. The van der Waals surface area contributed by atoms with Crippen molar-refractivity contribution in [1.82, 2.24) is 14.9 Å². The van der Waals surface area contributed by atoms with E-state index >= 15 is 0 Å². The number of sulfonamides is 1. The lowest BCUT2D eigenvalue weighted by atomic mass is 10.0. The van der Waals surface area contributed by atoms with Crippen molar-refractivity contribution in [1.29, 1.82) is 0 Å². The zero-order valence-corrected chi connectivity index (χ0v) is 18.8. The molecule has 1 aromatic rings. The van der Waals surface area contributed by atoms with Crippen LogP contribution in [0.15, 0.2) is 29.2 Å². The van der Waals surface area contributed by atoms with E-state index in [9.17, 15) is 18.0 Å². The summed E-state index contributed by atoms with van der Waals surface area (Å²) in [5.41, 5.74) is 0.962. The maximum Gasteiger partial charge on any atom is 0.241 e. The summed E-state index contributed by atoms with van der Waals surface area (Å²) in [5, 5.41) is 2.97. The zero-order valence-electron chi connectivity index (χ0n) is 17.9. The maximum absolute atomic E-state index is 12.8. The van der Waals surface area contributed by atoms with Crippen molar-refractivity contribution in [3.63, 3.8) is 0 Å². The van der Waals surface area contributed by atoms with Crippen molar-refractivity contribution < 1.29 is 18.0 Å². The van der Waals surface area contributed by atoms with Crippen LogP contribution in [0.5, 0.6) is 0 Å². The maximum atomic E-state index is 12.8. The van der Waals surface area contributed by atoms with E-state index < -0.39 is 16.1 Å². The Balaban J connectivity index is 2.00. The molecular formula is C21H33N3O4S. The van der Waals surface area contributed by atoms with Gasteiger partial charge in [-0.3, -0.25) is 9.59 Å². The molecule has 0 unspecified atom stereocenters. The van der Waals surface area contributed by atoms with Gasteiger partial charge in [0.2, 0.25) is 21.8 Å². The summed E-state index contributed by atoms with van der Waals surface area (Å²) >= 11 is 0. The van der Waals surface area contributed by atoms with Crippen molar-refractivity contribution in [2.75, 3.05) is 13.1 Å². The second-order valence-corrected chi connectivity index (χ2v) is 10.1. The van der Waals surface area contributed by atoms with E-state index in [0.717, 1.165) is 5.56 Å². The second-order valence-electron chi connectivity index (χ2n) is 8.42. The van der Waals surface area contributed by atoms with Crippen LogP contribution in [0.3, 0.4) is 0 Å². The number of amides is 2. The van der Waals surface area contributed by atoms with Gasteiger partial charge >= 0.3 is 0 Å². The van der Waals surface area contributed by atoms with Gasteiger partial charge in [-0.2, -0.15) is 4.72 Å². The summed E-state index contributed by atoms with van der Waals surface area (Å²) in [6.07, 6.45) is 1.33. The van der Waals surface area contributed by atoms with Crippen molar-refractivity contribution in [3.8, 4) is 0 Å². The third-order valence-electron chi connectivity index (χ3n) is 5.21. The van der Waals surface area contributed by atoms with Crippen LogP contribution in [0.1, 0.15) is 46.1 Å². The van der Waals surface area contributed by atoms with Gasteiger partial charge in [0.25, 0.3) is 0 Å². The van der Waals surface area contributed by atoms with Crippen LogP contribution in [0.2, 0.25) is 0 Å². The van der Waals surface area contributed by atoms with Gasteiger partial charge in [-0.05, 0) is 37.8 Å². The normalized spacial score (nSPS) is 16.9. The largest absolute Gasteiger partial charge is 0.352 e. The van der Waals surface area contributed by atoms with Crippen LogP contribution < -0.4 is 10.0 Å². The first-order valence-corrected chi connectivity index (χ1v) is 11.7. The van der Waals surface area contributed by atoms with E-state index in [1.165, 1.54) is 12.1 Å². The predicted molar refractivity (Wildman–Crippen MR) is 113 cm³/mol. The molecule has 0 aliphatic carbocycles. The average molecular weight is 424 g/mol. The van der Waals surface area contributed by atoms with Gasteiger partial charge < -0.3 is 10.2 Å². The fourth-order valence-corrected chi connectivity index (χ4v) is 4.69. The molecule has 7 nitrogen and oxygen atoms in total. The van der Waals surface area contributed by atoms with Crippen LogP contribution in [0.4, 0.5) is 0 Å². The number of hydrogen-bond donors (Lipinski definition) is 2. The van der Waals surface area contributed by atoms with Gasteiger partial charge in [0.15, 0.2) is 0 Å². The monoisotopic (exact) mass is 423 g/mol. The van der Waals surface area contributed by atoms with Gasteiger partial charge in [0, 0.05) is 25.0 Å². The molecule has 1 aliphatic heterocycles. The Morgan fingerprint density at radius 1 is 1.03 bits per heavy atom. The number of rotatable bonds is 7. The quantitative estimate of drug-likeness (QED) is 0.702. The van der Waals surface area contributed by atoms with Gasteiger partial charge in [-0.15, -0.1) is 0 Å². The number of nitrogens with zero attached hydrogens (tertiary/aromatic N) is 1. The Bertz CT molecular complexity index is 811. The number of piperidine rings is 1. The molecule has 2 N–H and O–H groups in total. The first kappa shape index (κ1) is 23.3. The van der Waals surface area contributed by atoms with E-state index in [4.69, 9.17) is 0 Å². The summed E-state index contributed by atoms with van der Waals surface area (Å²) in [6, 6.07) is 5.60. The molecule has 1 aromatic carbocycles. The van der Waals surface area contributed by atoms with Crippen LogP contribution in [-0.4, -0.2) is 50.3 Å². The smallest absolute Gasteiger partial charge is 0.241 e. The van der Waals surface area contributed by atoms with E-state index in [-0.39, 0.29) is 34.6 Å². The van der Waals surface area contributed by atoms with Crippen LogP contribution in [0, 0.1) is 18.8 Å². The highest BCUT2D eigenvalue weighted by Crippen LogP contribution is 2.16. The molecule has 1 heterocycles. The predicted octanol–water partition coefficient (Wildman–Crippen LogP) is 2.06. The number of carbonyl (C=O) groups is 2. The summed E-state index contributed by atoms with van der Waals surface area (Å²) in [5.74, 6) is -0.453. The van der Waals surface area contributed by atoms with Gasteiger partial charge in [-0.1, -0.05) is 45.4 Å². The molecule has 1 fully saturated rings. The molecule has 29 heavy (non-hydrogen) atoms. The number of carbonyl (C=O) groups excluding carboxylic acids is 2. The highest BCUT2D eigenvalue weighted by Gasteiger charge is 2.31. The Morgan fingerprint density at radius 3 is 2.07 bits per heavy atom. The number of nitrogens with one attached hydrogen (secondary N) is 2. The molecule has 162 valence electrons. The van der Waals surface area contributed by atoms with Crippen molar-refractivity contribution in [2.24, 2.45) is 11.8 Å². The summed E-state index contributed by atoms with van der Waals surface area (Å²) in [6.45, 7) is 10.5. The third-order valence-corrected chi connectivity index (χ3v) is 6.67. The minimum absolute atomic E-state index is 0.0392. The standard InChI is InChI=1S/C21H33N3O4S/c1-14(2)19(23-29(27,28)18-8-6-16(5)7-9-18)20(25)22-17-10-12-24(13-11-17)21(26)15(3)4/h6-9,14-15,17,19,23H,10-13H2,1-5H3,(H,22,25)/t19-/m1/s1. The highest BCUT2D eigenvalue weighted by atomic mass is 32.2. The SMILES string of the molecule is Cc1ccc(S(=O)(=O)N[C@@H](C(=O)NC2CCN(C(=O)C(C)C)CC2)C(C)C)cc1. The Morgan fingerprint density at radius 2 is 1.59 bits per heavy atom. The minimum atomic E-state index is -3.80. The molecule has 2 rings (SSSR count). The molecule has 0 spiro atoms. The lowest BCUT2D eigenvalue weighted by Gasteiger charge is -2.34. The lowest BCUT2D eigenvalue weighted by molar-refractivity contribution is -0.135. The second kappa shape index (κ2) is 9.71. The fourth-order valence-electron chi connectivity index (χ4n) is 3.35. The Hall–Kier alpha value is -1.93. The molecule has 2 amide bonds. The number of aryl methyl sites for hydroxylation is 1. The molecular weight excluding hydrogens is 390 g/mol. The summed E-state index contributed by atoms with van der Waals surface area (Å²) < 4.78 is 28.0. The van der Waals surface area contributed by atoms with E-state index in [2.05, 4.69) is 10.0 Å². The van der Waals surface area contributed by atoms with Crippen LogP contribution >= 0.6 is 0 Å². The zero-order chi connectivity index (χ0) is 21.8. The Kier molecular flexibility index (Phi) is 7.82. The van der Waals surface area contributed by atoms with E-state index in [0.29, 0.717) is 25.9 Å². The molecule has 0 aromatic heterocycles. The molecule has 1 aliphatic rings. The van der Waals surface area contributed by atoms with E-state index in [1.54, 1.807) is 12.1 Å².